The molecule has 0 aliphatic carbocycles. The van der Waals surface area contributed by atoms with Gasteiger partial charge in [-0.1, -0.05) is 18.2 Å². The lowest BCUT2D eigenvalue weighted by Gasteiger charge is -2.35. The molecule has 0 spiro atoms. The molecule has 0 aromatic heterocycles. The highest BCUT2D eigenvalue weighted by atomic mass is 16.5. The topological polar surface area (TPSA) is 41.6 Å². The van der Waals surface area contributed by atoms with Crippen LogP contribution in [0, 0.1) is 0 Å². The summed E-state index contributed by atoms with van der Waals surface area (Å²) in [5.74, 6) is 0.122. The molecule has 2 aliphatic heterocycles. The number of anilines is 1. The summed E-state index contributed by atoms with van der Waals surface area (Å²) in [6.45, 7) is 2.80. The van der Waals surface area contributed by atoms with E-state index < -0.39 is 0 Å². The number of rotatable bonds is 2. The number of hydrogen-bond acceptors (Lipinski definition) is 3. The van der Waals surface area contributed by atoms with Gasteiger partial charge in [-0.2, -0.15) is 0 Å². The van der Waals surface area contributed by atoms with E-state index in [-0.39, 0.29) is 18.1 Å². The third-order valence-corrected chi connectivity index (χ3v) is 4.37. The van der Waals surface area contributed by atoms with Crippen molar-refractivity contribution in [2.75, 3.05) is 18.5 Å². The first-order chi connectivity index (χ1) is 9.70. The molecular formula is C16H22N2O2. The van der Waals surface area contributed by atoms with Crippen molar-refractivity contribution < 1.29 is 9.53 Å². The highest BCUT2D eigenvalue weighted by Gasteiger charge is 2.35. The Hall–Kier alpha value is -1.39. The quantitative estimate of drug-likeness (QED) is 0.899. The standard InChI is InChI=1S/C16H22N2O2/c1-11-7-8-15(20-11)16(19)18-10-9-13(17-2)12-5-3-4-6-14(12)18/h3-6,11,13,15,17H,7-10H2,1-2H3. The van der Waals surface area contributed by atoms with E-state index in [0.29, 0.717) is 6.04 Å². The number of nitrogens with zero attached hydrogens (tertiary/aromatic N) is 1. The summed E-state index contributed by atoms with van der Waals surface area (Å²) in [7, 11) is 1.97. The molecule has 2 aliphatic rings. The summed E-state index contributed by atoms with van der Waals surface area (Å²) < 4.78 is 5.74. The second-order valence-electron chi connectivity index (χ2n) is 5.69. The molecule has 2 heterocycles. The summed E-state index contributed by atoms with van der Waals surface area (Å²) in [6.07, 6.45) is 2.71. The molecule has 4 heteroatoms. The van der Waals surface area contributed by atoms with Crippen LogP contribution in [-0.4, -0.2) is 31.7 Å². The summed E-state index contributed by atoms with van der Waals surface area (Å²) in [5, 5.41) is 3.33. The van der Waals surface area contributed by atoms with E-state index >= 15 is 0 Å². The van der Waals surface area contributed by atoms with Gasteiger partial charge in [0.1, 0.15) is 6.10 Å². The predicted molar refractivity (Wildman–Crippen MR) is 78.8 cm³/mol. The zero-order valence-corrected chi connectivity index (χ0v) is 12.1. The number of amides is 1. The van der Waals surface area contributed by atoms with Crippen molar-refractivity contribution in [1.29, 1.82) is 0 Å². The van der Waals surface area contributed by atoms with Crippen molar-refractivity contribution in [1.82, 2.24) is 5.32 Å². The Morgan fingerprint density at radius 2 is 2.10 bits per heavy atom. The molecule has 1 saturated heterocycles. The monoisotopic (exact) mass is 274 g/mol. The van der Waals surface area contributed by atoms with Gasteiger partial charge >= 0.3 is 0 Å². The first-order valence-electron chi connectivity index (χ1n) is 7.43. The largest absolute Gasteiger partial charge is 0.365 e. The van der Waals surface area contributed by atoms with Gasteiger partial charge in [0.2, 0.25) is 0 Å². The smallest absolute Gasteiger partial charge is 0.256 e. The molecule has 0 bridgehead atoms. The zero-order chi connectivity index (χ0) is 14.1. The fraction of sp³-hybridized carbons (Fsp3) is 0.562. The summed E-state index contributed by atoms with van der Waals surface area (Å²) in [6, 6.07) is 8.50. The van der Waals surface area contributed by atoms with Crippen LogP contribution >= 0.6 is 0 Å². The lowest BCUT2D eigenvalue weighted by molar-refractivity contribution is -0.129. The molecular weight excluding hydrogens is 252 g/mol. The summed E-state index contributed by atoms with van der Waals surface area (Å²) in [5.41, 5.74) is 2.24. The number of carbonyl (C=O) groups is 1. The van der Waals surface area contributed by atoms with E-state index in [4.69, 9.17) is 4.74 Å². The van der Waals surface area contributed by atoms with Crippen LogP contribution in [0.2, 0.25) is 0 Å². The van der Waals surface area contributed by atoms with Gasteiger partial charge in [0.25, 0.3) is 5.91 Å². The molecule has 3 atom stereocenters. The lowest BCUT2D eigenvalue weighted by atomic mass is 9.96. The fourth-order valence-corrected chi connectivity index (χ4v) is 3.25. The van der Waals surface area contributed by atoms with Crippen molar-refractivity contribution >= 4 is 11.6 Å². The summed E-state index contributed by atoms with van der Waals surface area (Å²) in [4.78, 5) is 14.6. The molecule has 1 N–H and O–H groups in total. The second kappa shape index (κ2) is 5.54. The number of fused-ring (bicyclic) bond motifs is 1. The Morgan fingerprint density at radius 1 is 1.30 bits per heavy atom. The number of carbonyl (C=O) groups excluding carboxylic acids is 1. The highest BCUT2D eigenvalue weighted by Crippen LogP contribution is 2.35. The maximum Gasteiger partial charge on any atom is 0.256 e. The molecule has 0 saturated carbocycles. The molecule has 1 fully saturated rings. The van der Waals surface area contributed by atoms with Gasteiger partial charge in [-0.25, -0.2) is 0 Å². The van der Waals surface area contributed by atoms with Gasteiger partial charge < -0.3 is 15.0 Å². The molecule has 3 unspecified atom stereocenters. The van der Waals surface area contributed by atoms with E-state index in [1.807, 2.05) is 37.1 Å². The van der Waals surface area contributed by atoms with Crippen molar-refractivity contribution in [2.45, 2.75) is 44.4 Å². The number of benzene rings is 1. The Bertz CT molecular complexity index is 503. The van der Waals surface area contributed by atoms with E-state index in [0.717, 1.165) is 31.5 Å². The van der Waals surface area contributed by atoms with Crippen LogP contribution < -0.4 is 10.2 Å². The van der Waals surface area contributed by atoms with Crippen LogP contribution in [0.15, 0.2) is 24.3 Å². The number of hydrogen-bond donors (Lipinski definition) is 1. The Kier molecular flexibility index (Phi) is 3.76. The number of nitrogens with one attached hydrogen (secondary N) is 1. The normalized spacial score (nSPS) is 29.3. The van der Waals surface area contributed by atoms with Crippen molar-refractivity contribution in [2.24, 2.45) is 0 Å². The minimum Gasteiger partial charge on any atom is -0.365 e. The third kappa shape index (κ3) is 2.34. The van der Waals surface area contributed by atoms with Crippen LogP contribution in [-0.2, 0) is 9.53 Å². The highest BCUT2D eigenvalue weighted by molar-refractivity contribution is 5.97. The van der Waals surface area contributed by atoms with Gasteiger partial charge in [0, 0.05) is 18.3 Å². The van der Waals surface area contributed by atoms with Gasteiger partial charge in [-0.3, -0.25) is 4.79 Å². The molecule has 1 amide bonds. The molecule has 108 valence electrons. The molecule has 1 aromatic rings. The molecule has 20 heavy (non-hydrogen) atoms. The summed E-state index contributed by atoms with van der Waals surface area (Å²) >= 11 is 0. The number of para-hydroxylation sites is 1. The predicted octanol–water partition coefficient (Wildman–Crippen LogP) is 2.25. The van der Waals surface area contributed by atoms with E-state index in [9.17, 15) is 4.79 Å². The van der Waals surface area contributed by atoms with E-state index in [2.05, 4.69) is 11.4 Å². The van der Waals surface area contributed by atoms with Crippen molar-refractivity contribution in [3.8, 4) is 0 Å². The first kappa shape index (κ1) is 13.6. The van der Waals surface area contributed by atoms with Crippen LogP contribution in [0.1, 0.15) is 37.8 Å². The Labute approximate surface area is 120 Å². The maximum absolute atomic E-state index is 12.7. The third-order valence-electron chi connectivity index (χ3n) is 4.37. The lowest BCUT2D eigenvalue weighted by Crippen LogP contribution is -2.44. The SMILES string of the molecule is CNC1CCN(C(=O)C2CCC(C)O2)c2ccccc21. The molecule has 0 radical (unpaired) electrons. The average Bonchev–Trinajstić information content (AvgIpc) is 2.92. The number of ether oxygens (including phenoxy) is 1. The molecule has 4 nitrogen and oxygen atoms in total. The minimum absolute atomic E-state index is 0.122. The fourth-order valence-electron chi connectivity index (χ4n) is 3.25. The van der Waals surface area contributed by atoms with Gasteiger partial charge in [-0.15, -0.1) is 0 Å². The first-order valence-corrected chi connectivity index (χ1v) is 7.43. The van der Waals surface area contributed by atoms with Crippen LogP contribution in [0.3, 0.4) is 0 Å². The maximum atomic E-state index is 12.7. The Morgan fingerprint density at radius 3 is 2.80 bits per heavy atom. The van der Waals surface area contributed by atoms with Crippen LogP contribution in [0.5, 0.6) is 0 Å². The van der Waals surface area contributed by atoms with Gasteiger partial charge in [-0.05, 0) is 44.9 Å². The molecule has 3 rings (SSSR count). The minimum atomic E-state index is -0.260. The Balaban J connectivity index is 1.86. The molecule has 1 aromatic carbocycles. The van der Waals surface area contributed by atoms with Crippen molar-refractivity contribution in [3.63, 3.8) is 0 Å². The average molecular weight is 274 g/mol. The van der Waals surface area contributed by atoms with E-state index in [1.165, 1.54) is 5.56 Å². The van der Waals surface area contributed by atoms with E-state index in [1.54, 1.807) is 0 Å². The van der Waals surface area contributed by atoms with Crippen LogP contribution in [0.25, 0.3) is 0 Å². The van der Waals surface area contributed by atoms with Gasteiger partial charge in [0.05, 0.1) is 6.10 Å². The zero-order valence-electron chi connectivity index (χ0n) is 12.1. The van der Waals surface area contributed by atoms with Gasteiger partial charge in [0.15, 0.2) is 0 Å². The van der Waals surface area contributed by atoms with Crippen LogP contribution in [0.4, 0.5) is 5.69 Å². The second-order valence-corrected chi connectivity index (χ2v) is 5.69. The van der Waals surface area contributed by atoms with Crippen molar-refractivity contribution in [3.05, 3.63) is 29.8 Å².